The minimum Gasteiger partial charge on any atom is -0.472 e. The van der Waals surface area contributed by atoms with Crippen molar-refractivity contribution >= 4 is 5.91 Å². The van der Waals surface area contributed by atoms with Gasteiger partial charge in [-0.3, -0.25) is 4.79 Å². The Morgan fingerprint density at radius 3 is 3.12 bits per heavy atom. The number of aliphatic hydroxyl groups is 1. The van der Waals surface area contributed by atoms with Crippen LogP contribution in [0.5, 0.6) is 0 Å². The van der Waals surface area contributed by atoms with E-state index in [2.05, 4.69) is 5.32 Å². The average Bonchev–Trinajstić information content (AvgIpc) is 2.79. The number of carbonyl (C=O) groups is 1. The molecule has 0 aromatic carbocycles. The Balaban J connectivity index is 2.13. The molecule has 2 N–H and O–H groups in total. The minimum absolute atomic E-state index is 0.0678. The van der Waals surface area contributed by atoms with Gasteiger partial charge in [0.1, 0.15) is 6.61 Å². The molecule has 0 aliphatic heterocycles. The summed E-state index contributed by atoms with van der Waals surface area (Å²) in [5, 5.41) is 12.3. The molecule has 1 aromatic heterocycles. The molecule has 0 saturated heterocycles. The van der Waals surface area contributed by atoms with Crippen LogP contribution >= 0.6 is 0 Å². The molecule has 0 spiro atoms. The van der Waals surface area contributed by atoms with Gasteiger partial charge in [0.25, 0.3) is 0 Å². The van der Waals surface area contributed by atoms with Crippen LogP contribution in [0.1, 0.15) is 25.0 Å². The maximum Gasteiger partial charge on any atom is 0.245 e. The van der Waals surface area contributed by atoms with E-state index in [4.69, 9.17) is 9.15 Å². The Kier molecular flexibility index (Phi) is 5.60. The molecule has 1 aromatic rings. The van der Waals surface area contributed by atoms with E-state index in [9.17, 15) is 9.90 Å². The van der Waals surface area contributed by atoms with Gasteiger partial charge in [-0.05, 0) is 19.4 Å². The van der Waals surface area contributed by atoms with Crippen molar-refractivity contribution in [3.63, 3.8) is 0 Å². The van der Waals surface area contributed by atoms with Crippen molar-refractivity contribution < 1.29 is 19.1 Å². The summed E-state index contributed by atoms with van der Waals surface area (Å²) in [5.74, 6) is -0.166. The number of amides is 1. The molecule has 5 heteroatoms. The van der Waals surface area contributed by atoms with E-state index in [0.29, 0.717) is 19.6 Å². The molecule has 0 aliphatic rings. The van der Waals surface area contributed by atoms with Crippen LogP contribution in [-0.2, 0) is 9.53 Å². The maximum atomic E-state index is 11.1. The van der Waals surface area contributed by atoms with Crippen molar-refractivity contribution in [2.45, 2.75) is 19.4 Å². The lowest BCUT2D eigenvalue weighted by atomic mass is 10.1. The topological polar surface area (TPSA) is 71.7 Å². The van der Waals surface area contributed by atoms with Crippen LogP contribution in [0.25, 0.3) is 0 Å². The lowest BCUT2D eigenvalue weighted by molar-refractivity contribution is -0.125. The Labute approximate surface area is 94.4 Å². The first kappa shape index (κ1) is 12.7. The summed E-state index contributed by atoms with van der Waals surface area (Å²) in [7, 11) is 0. The lowest BCUT2D eigenvalue weighted by Gasteiger charge is -2.09. The number of carbonyl (C=O) groups excluding carboxylic acids is 1. The van der Waals surface area contributed by atoms with Gasteiger partial charge in [-0.15, -0.1) is 0 Å². The van der Waals surface area contributed by atoms with Crippen LogP contribution in [0.2, 0.25) is 0 Å². The summed E-state index contributed by atoms with van der Waals surface area (Å²) < 4.78 is 9.78. The highest BCUT2D eigenvalue weighted by Crippen LogP contribution is 2.15. The predicted octanol–water partition coefficient (Wildman–Crippen LogP) is 0.856. The van der Waals surface area contributed by atoms with Gasteiger partial charge >= 0.3 is 0 Å². The fourth-order valence-electron chi connectivity index (χ4n) is 1.23. The van der Waals surface area contributed by atoms with Gasteiger partial charge in [-0.25, -0.2) is 0 Å². The third-order valence-electron chi connectivity index (χ3n) is 2.11. The van der Waals surface area contributed by atoms with Crippen LogP contribution < -0.4 is 5.32 Å². The van der Waals surface area contributed by atoms with Crippen molar-refractivity contribution in [3.8, 4) is 0 Å². The highest BCUT2D eigenvalue weighted by atomic mass is 16.5. The van der Waals surface area contributed by atoms with Crippen LogP contribution in [0, 0.1) is 0 Å². The average molecular weight is 227 g/mol. The van der Waals surface area contributed by atoms with Crippen LogP contribution in [0.15, 0.2) is 23.0 Å². The maximum absolute atomic E-state index is 11.1. The van der Waals surface area contributed by atoms with Crippen molar-refractivity contribution in [3.05, 3.63) is 24.2 Å². The number of ether oxygens (including phenoxy) is 1. The molecule has 90 valence electrons. The van der Waals surface area contributed by atoms with Gasteiger partial charge in [-0.2, -0.15) is 0 Å². The SMILES string of the molecule is CCOCC(=O)NCC[C@@H](O)c1ccoc1. The minimum atomic E-state index is -0.605. The second-order valence-electron chi connectivity index (χ2n) is 3.35. The summed E-state index contributed by atoms with van der Waals surface area (Å²) in [6, 6.07) is 1.70. The first-order valence-corrected chi connectivity index (χ1v) is 5.28. The van der Waals surface area contributed by atoms with E-state index in [1.807, 2.05) is 6.92 Å². The molecule has 1 heterocycles. The number of aliphatic hydroxyl groups excluding tert-OH is 1. The van der Waals surface area contributed by atoms with E-state index in [-0.39, 0.29) is 12.5 Å². The molecular weight excluding hydrogens is 210 g/mol. The summed E-state index contributed by atoms with van der Waals surface area (Å²) in [4.78, 5) is 11.1. The molecular formula is C11H17NO4. The monoisotopic (exact) mass is 227 g/mol. The molecule has 0 unspecified atom stereocenters. The molecule has 5 nitrogen and oxygen atoms in total. The number of hydrogen-bond acceptors (Lipinski definition) is 4. The number of rotatable bonds is 7. The van der Waals surface area contributed by atoms with E-state index >= 15 is 0 Å². The molecule has 0 radical (unpaired) electrons. The third-order valence-corrected chi connectivity index (χ3v) is 2.11. The van der Waals surface area contributed by atoms with Gasteiger partial charge in [0, 0.05) is 18.7 Å². The molecule has 1 rings (SSSR count). The molecule has 0 aliphatic carbocycles. The zero-order valence-electron chi connectivity index (χ0n) is 9.31. The van der Waals surface area contributed by atoms with E-state index in [1.54, 1.807) is 6.07 Å². The Morgan fingerprint density at radius 2 is 2.50 bits per heavy atom. The quantitative estimate of drug-likeness (QED) is 0.724. The van der Waals surface area contributed by atoms with Crippen molar-refractivity contribution in [1.82, 2.24) is 5.32 Å². The smallest absolute Gasteiger partial charge is 0.245 e. The molecule has 16 heavy (non-hydrogen) atoms. The zero-order valence-corrected chi connectivity index (χ0v) is 9.31. The fraction of sp³-hybridized carbons (Fsp3) is 0.545. The first-order valence-electron chi connectivity index (χ1n) is 5.28. The van der Waals surface area contributed by atoms with Gasteiger partial charge in [-0.1, -0.05) is 0 Å². The van der Waals surface area contributed by atoms with Gasteiger partial charge in [0.15, 0.2) is 0 Å². The second kappa shape index (κ2) is 7.03. The zero-order chi connectivity index (χ0) is 11.8. The van der Waals surface area contributed by atoms with Gasteiger partial charge < -0.3 is 19.6 Å². The second-order valence-corrected chi connectivity index (χ2v) is 3.35. The van der Waals surface area contributed by atoms with E-state index < -0.39 is 6.10 Å². The predicted molar refractivity (Wildman–Crippen MR) is 57.8 cm³/mol. The van der Waals surface area contributed by atoms with Gasteiger partial charge in [0.2, 0.25) is 5.91 Å². The molecule has 1 atom stereocenters. The highest BCUT2D eigenvalue weighted by molar-refractivity contribution is 5.77. The largest absolute Gasteiger partial charge is 0.472 e. The summed E-state index contributed by atoms with van der Waals surface area (Å²) in [5.41, 5.74) is 0.721. The highest BCUT2D eigenvalue weighted by Gasteiger charge is 2.09. The lowest BCUT2D eigenvalue weighted by Crippen LogP contribution is -2.29. The molecule has 0 saturated carbocycles. The first-order chi connectivity index (χ1) is 7.74. The third kappa shape index (κ3) is 4.46. The van der Waals surface area contributed by atoms with E-state index in [0.717, 1.165) is 5.56 Å². The Hall–Kier alpha value is -1.33. The summed E-state index contributed by atoms with van der Waals surface area (Å²) >= 11 is 0. The molecule has 0 fully saturated rings. The van der Waals surface area contributed by atoms with Crippen molar-refractivity contribution in [2.75, 3.05) is 19.8 Å². The standard InChI is InChI=1S/C11H17NO4/c1-2-15-8-11(14)12-5-3-10(13)9-4-6-16-7-9/h4,6-7,10,13H,2-3,5,8H2,1H3,(H,12,14)/t10-/m1/s1. The molecule has 1 amide bonds. The van der Waals surface area contributed by atoms with Crippen molar-refractivity contribution in [1.29, 1.82) is 0 Å². The van der Waals surface area contributed by atoms with Crippen LogP contribution in [-0.4, -0.2) is 30.8 Å². The van der Waals surface area contributed by atoms with Crippen molar-refractivity contribution in [2.24, 2.45) is 0 Å². The van der Waals surface area contributed by atoms with Crippen LogP contribution in [0.4, 0.5) is 0 Å². The summed E-state index contributed by atoms with van der Waals surface area (Å²) in [6.45, 7) is 2.83. The normalized spacial score (nSPS) is 12.4. The van der Waals surface area contributed by atoms with Crippen LogP contribution in [0.3, 0.4) is 0 Å². The Morgan fingerprint density at radius 1 is 1.69 bits per heavy atom. The Bertz CT molecular complexity index is 297. The van der Waals surface area contributed by atoms with Gasteiger partial charge in [0.05, 0.1) is 18.6 Å². The fourth-order valence-corrected chi connectivity index (χ4v) is 1.23. The number of furan rings is 1. The number of nitrogens with one attached hydrogen (secondary N) is 1. The summed E-state index contributed by atoms with van der Waals surface area (Å²) in [6.07, 6.45) is 2.85. The van der Waals surface area contributed by atoms with E-state index in [1.165, 1.54) is 12.5 Å². The molecule has 0 bridgehead atoms. The number of hydrogen-bond donors (Lipinski definition) is 2.